The molecule has 0 aliphatic heterocycles. The number of allylic oxidation sites excluding steroid dienone is 7. The average molecular weight is 689 g/mol. The molecule has 0 saturated heterocycles. The third kappa shape index (κ3) is 5.46. The molecular formula is C52H36N2. The molecule has 0 fully saturated rings. The van der Waals surface area contributed by atoms with E-state index in [4.69, 9.17) is 0 Å². The Hall–Kier alpha value is -7.08. The number of benzene rings is 7. The Labute approximate surface area is 315 Å². The molecule has 0 radical (unpaired) electrons. The predicted octanol–water partition coefficient (Wildman–Crippen LogP) is 13.8. The van der Waals surface area contributed by atoms with E-state index in [0.717, 1.165) is 46.7 Å². The summed E-state index contributed by atoms with van der Waals surface area (Å²) in [5.41, 5.74) is 21.1. The fourth-order valence-corrected chi connectivity index (χ4v) is 8.24. The summed E-state index contributed by atoms with van der Waals surface area (Å²) in [6.45, 7) is 0. The molecule has 1 heterocycles. The first-order chi connectivity index (χ1) is 26.8. The molecule has 254 valence electrons. The Bertz CT molecular complexity index is 2920. The van der Waals surface area contributed by atoms with Crippen LogP contribution in [0.5, 0.6) is 0 Å². The van der Waals surface area contributed by atoms with Gasteiger partial charge in [0.1, 0.15) is 0 Å². The first-order valence-corrected chi connectivity index (χ1v) is 18.7. The van der Waals surface area contributed by atoms with E-state index < -0.39 is 0 Å². The van der Waals surface area contributed by atoms with Crippen LogP contribution in [0.2, 0.25) is 0 Å². The molecule has 2 aliphatic carbocycles. The van der Waals surface area contributed by atoms with E-state index >= 15 is 0 Å². The van der Waals surface area contributed by atoms with Gasteiger partial charge in [0.2, 0.25) is 0 Å². The number of rotatable bonds is 7. The number of hydrogen-bond acceptors (Lipinski definition) is 1. The van der Waals surface area contributed by atoms with Gasteiger partial charge in [-0.1, -0.05) is 145 Å². The van der Waals surface area contributed by atoms with E-state index in [1.807, 2.05) is 0 Å². The molecule has 2 heteroatoms. The maximum atomic E-state index is 3.62. The minimum Gasteiger partial charge on any atom is -0.309 e. The molecule has 54 heavy (non-hydrogen) atoms. The SMILES string of the molecule is C1=C=C(N(c2ccccc2)c2ccc3c4c(-c5ccccc5)cccc4n(-c4ccccc4)c3c2)C=CC=1c1cccc2cccc(C3=CC=CCC3)c12. The molecule has 0 amide bonds. The molecular weight excluding hydrogens is 653 g/mol. The summed E-state index contributed by atoms with van der Waals surface area (Å²) in [6, 6.07) is 58.7. The highest BCUT2D eigenvalue weighted by Gasteiger charge is 2.21. The van der Waals surface area contributed by atoms with Gasteiger partial charge in [-0.05, 0) is 112 Å². The molecule has 1 aromatic heterocycles. The highest BCUT2D eigenvalue weighted by atomic mass is 15.1. The summed E-state index contributed by atoms with van der Waals surface area (Å²) in [7, 11) is 0. The van der Waals surface area contributed by atoms with Crippen molar-refractivity contribution in [2.24, 2.45) is 0 Å². The molecule has 0 saturated carbocycles. The van der Waals surface area contributed by atoms with E-state index in [9.17, 15) is 0 Å². The minimum absolute atomic E-state index is 0.928. The second-order valence-electron chi connectivity index (χ2n) is 13.9. The second-order valence-corrected chi connectivity index (χ2v) is 13.9. The highest BCUT2D eigenvalue weighted by molar-refractivity contribution is 6.16. The van der Waals surface area contributed by atoms with Crippen LogP contribution < -0.4 is 4.90 Å². The zero-order valence-corrected chi connectivity index (χ0v) is 29.8. The van der Waals surface area contributed by atoms with Crippen molar-refractivity contribution < 1.29 is 0 Å². The van der Waals surface area contributed by atoms with Gasteiger partial charge in [-0.3, -0.25) is 0 Å². The summed E-state index contributed by atoms with van der Waals surface area (Å²) in [6.07, 6.45) is 13.2. The van der Waals surface area contributed by atoms with Crippen LogP contribution in [-0.2, 0) is 0 Å². The Morgan fingerprint density at radius 2 is 1.26 bits per heavy atom. The van der Waals surface area contributed by atoms with Crippen LogP contribution in [0, 0.1) is 0 Å². The molecule has 0 N–H and O–H groups in total. The number of anilines is 2. The monoisotopic (exact) mass is 688 g/mol. The van der Waals surface area contributed by atoms with E-state index in [1.54, 1.807) is 0 Å². The Kier molecular flexibility index (Phi) is 7.90. The first-order valence-electron chi connectivity index (χ1n) is 18.7. The van der Waals surface area contributed by atoms with Gasteiger partial charge in [0.15, 0.2) is 0 Å². The van der Waals surface area contributed by atoms with Gasteiger partial charge in [0, 0.05) is 33.4 Å². The van der Waals surface area contributed by atoms with E-state index in [0.29, 0.717) is 0 Å². The number of hydrogen-bond donors (Lipinski definition) is 0. The lowest BCUT2D eigenvalue weighted by molar-refractivity contribution is 1.06. The fraction of sp³-hybridized carbons (Fsp3) is 0.0385. The van der Waals surface area contributed by atoms with Gasteiger partial charge in [-0.25, -0.2) is 0 Å². The quantitative estimate of drug-likeness (QED) is 0.151. The van der Waals surface area contributed by atoms with Crippen molar-refractivity contribution in [3.63, 3.8) is 0 Å². The van der Waals surface area contributed by atoms with Crippen molar-refractivity contribution in [3.05, 3.63) is 222 Å². The van der Waals surface area contributed by atoms with Crippen LogP contribution in [0.1, 0.15) is 24.0 Å². The van der Waals surface area contributed by atoms with Gasteiger partial charge < -0.3 is 9.47 Å². The topological polar surface area (TPSA) is 8.17 Å². The van der Waals surface area contributed by atoms with Crippen molar-refractivity contribution in [3.8, 4) is 16.8 Å². The molecule has 0 atom stereocenters. The number of aromatic nitrogens is 1. The van der Waals surface area contributed by atoms with Gasteiger partial charge in [-0.2, -0.15) is 0 Å². The third-order valence-electron chi connectivity index (χ3n) is 10.7. The summed E-state index contributed by atoms with van der Waals surface area (Å²) in [4.78, 5) is 2.29. The predicted molar refractivity (Wildman–Crippen MR) is 228 cm³/mol. The Morgan fingerprint density at radius 1 is 0.537 bits per heavy atom. The second kappa shape index (κ2) is 13.5. The number of nitrogens with zero attached hydrogens (tertiary/aromatic N) is 2. The zero-order valence-electron chi connectivity index (χ0n) is 29.8. The maximum Gasteiger partial charge on any atom is 0.0974 e. The normalized spacial score (nSPS) is 13.7. The maximum absolute atomic E-state index is 3.62. The first kappa shape index (κ1) is 31.6. The van der Waals surface area contributed by atoms with E-state index in [1.165, 1.54) is 54.9 Å². The highest BCUT2D eigenvalue weighted by Crippen LogP contribution is 2.42. The lowest BCUT2D eigenvalue weighted by Gasteiger charge is -2.26. The fourth-order valence-electron chi connectivity index (χ4n) is 8.24. The molecule has 0 unspecified atom stereocenters. The van der Waals surface area contributed by atoms with Crippen LogP contribution in [0.3, 0.4) is 0 Å². The molecule has 2 aliphatic rings. The average Bonchev–Trinajstić information content (AvgIpc) is 3.59. The van der Waals surface area contributed by atoms with Gasteiger partial charge in [0.25, 0.3) is 0 Å². The van der Waals surface area contributed by atoms with Gasteiger partial charge >= 0.3 is 0 Å². The molecule has 2 nitrogen and oxygen atoms in total. The lowest BCUT2D eigenvalue weighted by atomic mass is 9.88. The van der Waals surface area contributed by atoms with Gasteiger partial charge in [-0.15, -0.1) is 0 Å². The minimum atomic E-state index is 0.928. The molecule has 0 bridgehead atoms. The Balaban J connectivity index is 1.18. The van der Waals surface area contributed by atoms with Crippen LogP contribution in [0.15, 0.2) is 211 Å². The standard InChI is InChI=1S/C52H36N2/c1-5-16-37(17-6-1)45-26-13-20-40-21-14-27-46(51(40)45)39-30-32-43(33-31-39)53(41-22-9-3-10-23-41)44-34-35-48-50(36-44)54(42-24-11-4-12-25-42)49-29-15-28-47(52(48)49)38-18-7-2-8-19-38/h1-5,7-16,18-30,32,34-36H,6,17H2. The Morgan fingerprint density at radius 3 is 2.00 bits per heavy atom. The summed E-state index contributed by atoms with van der Waals surface area (Å²) >= 11 is 0. The van der Waals surface area contributed by atoms with Gasteiger partial charge in [0.05, 0.1) is 16.7 Å². The van der Waals surface area contributed by atoms with Crippen LogP contribution in [-0.4, -0.2) is 4.57 Å². The number of fused-ring (bicyclic) bond motifs is 4. The number of para-hydroxylation sites is 2. The smallest absolute Gasteiger partial charge is 0.0974 e. The molecule has 10 rings (SSSR count). The summed E-state index contributed by atoms with van der Waals surface area (Å²) < 4.78 is 2.40. The zero-order chi connectivity index (χ0) is 35.8. The van der Waals surface area contributed by atoms with E-state index in [2.05, 4.69) is 215 Å². The van der Waals surface area contributed by atoms with Crippen molar-refractivity contribution in [2.75, 3.05) is 4.90 Å². The lowest BCUT2D eigenvalue weighted by Crippen LogP contribution is -2.15. The van der Waals surface area contributed by atoms with Crippen LogP contribution in [0.25, 0.3) is 60.5 Å². The van der Waals surface area contributed by atoms with Crippen molar-refractivity contribution in [2.45, 2.75) is 12.8 Å². The van der Waals surface area contributed by atoms with Crippen molar-refractivity contribution in [1.82, 2.24) is 4.57 Å². The largest absolute Gasteiger partial charge is 0.309 e. The third-order valence-corrected chi connectivity index (χ3v) is 10.7. The van der Waals surface area contributed by atoms with E-state index in [-0.39, 0.29) is 0 Å². The molecule has 0 spiro atoms. The molecule has 8 aromatic rings. The van der Waals surface area contributed by atoms with Crippen LogP contribution >= 0.6 is 0 Å². The molecule has 7 aromatic carbocycles. The summed E-state index contributed by atoms with van der Waals surface area (Å²) in [5, 5.41) is 4.97. The van der Waals surface area contributed by atoms with Crippen LogP contribution in [0.4, 0.5) is 11.4 Å². The summed E-state index contributed by atoms with van der Waals surface area (Å²) in [5.74, 6) is 0. The van der Waals surface area contributed by atoms with Crippen molar-refractivity contribution in [1.29, 1.82) is 0 Å². The van der Waals surface area contributed by atoms with Crippen molar-refractivity contribution >= 4 is 55.1 Å².